The number of likely N-dealkylation sites (tertiary alicyclic amines) is 2. The smallest absolute Gasteiger partial charge is 0.349 e. The molecular weight excluding hydrogens is 622 g/mol. The van der Waals surface area contributed by atoms with Gasteiger partial charge in [0, 0.05) is 55.4 Å². The number of benzene rings is 2. The number of carbonyl (C=O) groups excluding carboxylic acids is 2. The minimum Gasteiger partial charge on any atom is -0.349 e. The van der Waals surface area contributed by atoms with Gasteiger partial charge in [0.15, 0.2) is 0 Å². The highest BCUT2D eigenvalue weighted by atomic mass is 32.2. The number of rotatable bonds is 7. The van der Waals surface area contributed by atoms with Crippen molar-refractivity contribution < 1.29 is 45.1 Å². The van der Waals surface area contributed by atoms with Crippen molar-refractivity contribution in [3.05, 3.63) is 65.0 Å². The quantitative estimate of drug-likeness (QED) is 0.231. The molecule has 6 nitrogen and oxygen atoms in total. The number of amides is 3. The van der Waals surface area contributed by atoms with Crippen LogP contribution in [0.5, 0.6) is 0 Å². The van der Waals surface area contributed by atoms with Crippen molar-refractivity contribution in [2.45, 2.75) is 49.7 Å². The van der Waals surface area contributed by atoms with E-state index in [2.05, 4.69) is 18.7 Å². The molecular formula is C28H31F7N3O3PS. The molecule has 0 bridgehead atoms. The molecule has 2 aromatic rings. The van der Waals surface area contributed by atoms with E-state index in [-0.39, 0.29) is 35.6 Å². The molecule has 0 saturated carbocycles. The van der Waals surface area contributed by atoms with Crippen LogP contribution in [0.2, 0.25) is 0 Å². The fourth-order valence-corrected chi connectivity index (χ4v) is 6.26. The number of urea groups is 1. The van der Waals surface area contributed by atoms with Crippen LogP contribution in [0.15, 0.2) is 42.5 Å². The topological polar surface area (TPSA) is 61.9 Å². The molecule has 0 spiro atoms. The van der Waals surface area contributed by atoms with Gasteiger partial charge in [-0.15, -0.1) is 9.24 Å². The molecule has 43 heavy (non-hydrogen) atoms. The summed E-state index contributed by atoms with van der Waals surface area (Å²) >= 11 is 1.21. The maximum Gasteiger partial charge on any atom is 0.430 e. The van der Waals surface area contributed by atoms with Gasteiger partial charge in [0.1, 0.15) is 5.82 Å². The second kappa shape index (κ2) is 13.2. The molecule has 2 heterocycles. The molecule has 2 aromatic carbocycles. The van der Waals surface area contributed by atoms with Crippen LogP contribution in [0.1, 0.15) is 41.9 Å². The highest BCUT2D eigenvalue weighted by Crippen LogP contribution is 2.53. The number of ether oxygens (including phenoxy) is 1. The van der Waals surface area contributed by atoms with Crippen molar-refractivity contribution in [2.75, 3.05) is 32.4 Å². The molecule has 2 aliphatic rings. The van der Waals surface area contributed by atoms with E-state index in [0.717, 1.165) is 18.2 Å². The molecule has 236 valence electrons. The van der Waals surface area contributed by atoms with Crippen molar-refractivity contribution in [2.24, 2.45) is 5.92 Å². The summed E-state index contributed by atoms with van der Waals surface area (Å²) in [5, 5.41) is 0.0689. The molecule has 15 heteroatoms. The molecule has 0 aliphatic carbocycles. The van der Waals surface area contributed by atoms with E-state index in [1.54, 1.807) is 16.1 Å². The van der Waals surface area contributed by atoms with Gasteiger partial charge in [0.25, 0.3) is 5.60 Å². The van der Waals surface area contributed by atoms with Crippen molar-refractivity contribution in [3.63, 3.8) is 0 Å². The lowest BCUT2D eigenvalue weighted by Crippen LogP contribution is -2.56. The summed E-state index contributed by atoms with van der Waals surface area (Å²) in [6, 6.07) is 7.13. The van der Waals surface area contributed by atoms with Crippen LogP contribution < -0.4 is 10.0 Å². The van der Waals surface area contributed by atoms with Crippen LogP contribution in [0.3, 0.4) is 0 Å². The number of hydrogen-bond acceptors (Lipinski definition) is 4. The molecule has 4 rings (SSSR count). The summed E-state index contributed by atoms with van der Waals surface area (Å²) in [6.07, 6.45) is -8.57. The highest BCUT2D eigenvalue weighted by molar-refractivity contribution is 7.97. The van der Waals surface area contributed by atoms with E-state index < -0.39 is 41.5 Å². The Morgan fingerprint density at radius 1 is 0.953 bits per heavy atom. The van der Waals surface area contributed by atoms with E-state index in [9.17, 15) is 40.3 Å². The Labute approximate surface area is 251 Å². The van der Waals surface area contributed by atoms with Gasteiger partial charge in [-0.1, -0.05) is 48.3 Å². The number of halogens is 7. The fourth-order valence-electron chi connectivity index (χ4n) is 5.56. The zero-order chi connectivity index (χ0) is 31.6. The second-order valence-electron chi connectivity index (χ2n) is 10.5. The van der Waals surface area contributed by atoms with Gasteiger partial charge in [-0.05, 0) is 36.2 Å². The Hall–Kier alpha value is -2.57. The predicted molar refractivity (Wildman–Crippen MR) is 151 cm³/mol. The summed E-state index contributed by atoms with van der Waals surface area (Å²) in [5.74, 6) is -1.54. The average Bonchev–Trinajstić information content (AvgIpc) is 3.44. The zero-order valence-corrected chi connectivity index (χ0v) is 25.1. The zero-order valence-electron chi connectivity index (χ0n) is 23.1. The van der Waals surface area contributed by atoms with Crippen LogP contribution in [0.4, 0.5) is 35.5 Å². The third-order valence-electron chi connectivity index (χ3n) is 7.97. The molecule has 1 unspecified atom stereocenters. The summed E-state index contributed by atoms with van der Waals surface area (Å²) in [6.45, 7) is 0.156. The van der Waals surface area contributed by atoms with Gasteiger partial charge in [-0.2, -0.15) is 26.3 Å². The Morgan fingerprint density at radius 3 is 2.12 bits per heavy atom. The number of nitrogens with zero attached hydrogens (tertiary/aromatic N) is 2. The third-order valence-corrected chi connectivity index (χ3v) is 8.92. The lowest BCUT2D eigenvalue weighted by molar-refractivity contribution is -0.392. The van der Waals surface area contributed by atoms with Crippen molar-refractivity contribution in [1.82, 2.24) is 14.5 Å². The van der Waals surface area contributed by atoms with Crippen molar-refractivity contribution in [1.29, 1.82) is 0 Å². The minimum atomic E-state index is -5.92. The van der Waals surface area contributed by atoms with Crippen LogP contribution in [-0.4, -0.2) is 66.5 Å². The third kappa shape index (κ3) is 6.91. The Bertz CT molecular complexity index is 1270. The van der Waals surface area contributed by atoms with E-state index in [4.69, 9.17) is 0 Å². The first kappa shape index (κ1) is 33.3. The number of alkyl halides is 6. The van der Waals surface area contributed by atoms with Crippen LogP contribution in [-0.2, 0) is 21.7 Å². The first-order valence-electron chi connectivity index (χ1n) is 13.5. The first-order chi connectivity index (χ1) is 20.2. The molecule has 2 saturated heterocycles. The van der Waals surface area contributed by atoms with E-state index >= 15 is 0 Å². The van der Waals surface area contributed by atoms with Crippen LogP contribution in [0.25, 0.3) is 0 Å². The van der Waals surface area contributed by atoms with Gasteiger partial charge in [-0.25, -0.2) is 9.18 Å². The summed E-state index contributed by atoms with van der Waals surface area (Å²) < 4.78 is 107. The standard InChI is InChI=1S/C28H31F7N3O3PS/c1-43-36-24(39)18-9-12-37(13-10-18)25(40)38-14-11-19(15-38)17-5-7-20(8-6-17)26(27(30,31)32,28(33,34)35)41-16-21-22(29)3-2-4-23(21)42/h2-8,18-19H,9-16,42H2,1H3,(H,36,39)/t19-/m1/s1. The molecule has 2 fully saturated rings. The summed E-state index contributed by atoms with van der Waals surface area (Å²) in [5.41, 5.74) is -5.84. The highest BCUT2D eigenvalue weighted by Gasteiger charge is 2.73. The summed E-state index contributed by atoms with van der Waals surface area (Å²) in [4.78, 5) is 28.4. The molecule has 1 N–H and O–H groups in total. The summed E-state index contributed by atoms with van der Waals surface area (Å²) in [7, 11) is 2.07. The van der Waals surface area contributed by atoms with Crippen molar-refractivity contribution >= 4 is 38.4 Å². The molecule has 0 radical (unpaired) electrons. The molecule has 2 atom stereocenters. The normalized spacial score (nSPS) is 18.7. The van der Waals surface area contributed by atoms with Gasteiger partial charge in [0.05, 0.1) is 6.61 Å². The molecule has 0 aromatic heterocycles. The van der Waals surface area contributed by atoms with Gasteiger partial charge >= 0.3 is 18.4 Å². The van der Waals surface area contributed by atoms with Crippen LogP contribution >= 0.6 is 21.2 Å². The monoisotopic (exact) mass is 653 g/mol. The van der Waals surface area contributed by atoms with E-state index in [1.165, 1.54) is 36.2 Å². The largest absolute Gasteiger partial charge is 0.430 e. The Morgan fingerprint density at radius 2 is 1.56 bits per heavy atom. The van der Waals surface area contributed by atoms with Gasteiger partial charge in [-0.3, -0.25) is 4.79 Å². The predicted octanol–water partition coefficient (Wildman–Crippen LogP) is 5.88. The average molecular weight is 654 g/mol. The fraction of sp³-hybridized carbons (Fsp3) is 0.500. The number of nitrogens with one attached hydrogen (secondary N) is 1. The van der Waals surface area contributed by atoms with E-state index in [1.807, 2.05) is 0 Å². The Kier molecular flexibility index (Phi) is 10.2. The number of piperidine rings is 1. The Balaban J connectivity index is 1.48. The lowest BCUT2D eigenvalue weighted by atomic mass is 9.89. The maximum atomic E-state index is 14.3. The number of hydrogen-bond donors (Lipinski definition) is 1. The van der Waals surface area contributed by atoms with Gasteiger partial charge in [0.2, 0.25) is 5.91 Å². The second-order valence-corrected chi connectivity index (χ2v) is 11.8. The van der Waals surface area contributed by atoms with E-state index in [0.29, 0.717) is 44.5 Å². The maximum absolute atomic E-state index is 14.3. The van der Waals surface area contributed by atoms with Gasteiger partial charge < -0.3 is 19.3 Å². The first-order valence-corrected chi connectivity index (χ1v) is 15.3. The number of carbonyl (C=O) groups is 2. The lowest BCUT2D eigenvalue weighted by Gasteiger charge is -2.37. The molecule has 3 amide bonds. The SMILES string of the molecule is CSNC(=O)C1CCN(C(=O)N2CC[C@@H](c3ccc(C(OCc4c(F)cccc4P)(C(F)(F)F)C(F)(F)F)cc3)C2)CC1. The minimum absolute atomic E-state index is 0.0689. The van der Waals surface area contributed by atoms with Crippen molar-refractivity contribution in [3.8, 4) is 0 Å². The molecule has 2 aliphatic heterocycles. The van der Waals surface area contributed by atoms with Crippen LogP contribution in [0, 0.1) is 11.7 Å².